The Kier molecular flexibility index (Phi) is 9.12. The van der Waals surface area contributed by atoms with Gasteiger partial charge in [-0.3, -0.25) is 0 Å². The van der Waals surface area contributed by atoms with Crippen LogP contribution in [0.25, 0.3) is 0 Å². The van der Waals surface area contributed by atoms with Gasteiger partial charge in [0.1, 0.15) is 0 Å². The molecule has 0 N–H and O–H groups in total. The standard InChI is InChI=1S/C5H9O2.BrH.Zn/c1-4(2)7-5(3)6;;/h4H,3H2,1-2H3;1H;. The summed E-state index contributed by atoms with van der Waals surface area (Å²) in [7, 11) is 0. The molecule has 0 aliphatic heterocycles. The third-order valence-corrected chi connectivity index (χ3v) is 1.43. The molecule has 0 saturated carbocycles. The Bertz CT molecular complexity index is 85.0. The average Bonchev–Trinajstić information content (AvgIpc) is 1.65. The Morgan fingerprint density at radius 2 is 2.11 bits per heavy atom. The van der Waals surface area contributed by atoms with E-state index in [4.69, 9.17) is 4.74 Å². The third kappa shape index (κ3) is 8.57. The van der Waals surface area contributed by atoms with Crippen LogP contribution in [0.15, 0.2) is 0 Å². The number of esters is 1. The van der Waals surface area contributed by atoms with Crippen molar-refractivity contribution in [3.8, 4) is 0 Å². The van der Waals surface area contributed by atoms with E-state index in [0.717, 1.165) is 18.3 Å². The van der Waals surface area contributed by atoms with Gasteiger partial charge in [0.15, 0.2) is 0 Å². The van der Waals surface area contributed by atoms with Crippen LogP contribution >= 0.6 is 17.0 Å². The molecule has 0 radical (unpaired) electrons. The SMILES string of the molecule is Br.CC(C)OC(=O)[CH2][Zn]. The second kappa shape index (κ2) is 6.69. The van der Waals surface area contributed by atoms with Crippen LogP contribution < -0.4 is 0 Å². The van der Waals surface area contributed by atoms with Gasteiger partial charge in [0.25, 0.3) is 0 Å². The Balaban J connectivity index is 0. The van der Waals surface area contributed by atoms with Gasteiger partial charge in [-0.25, -0.2) is 0 Å². The van der Waals surface area contributed by atoms with Gasteiger partial charge in [-0.15, -0.1) is 17.0 Å². The monoisotopic (exact) mass is 245 g/mol. The van der Waals surface area contributed by atoms with Crippen molar-refractivity contribution in [2.24, 2.45) is 0 Å². The molecule has 9 heavy (non-hydrogen) atoms. The molecule has 0 bridgehead atoms. The number of hydrogen-bond donors (Lipinski definition) is 0. The molecule has 0 unspecified atom stereocenters. The quantitative estimate of drug-likeness (QED) is 0.546. The van der Waals surface area contributed by atoms with Crippen molar-refractivity contribution in [3.05, 3.63) is 0 Å². The first-order chi connectivity index (χ1) is 3.66. The fourth-order valence-electron chi connectivity index (χ4n) is 0.322. The molecule has 0 atom stereocenters. The molecule has 0 spiro atoms. The van der Waals surface area contributed by atoms with Crippen molar-refractivity contribution < 1.29 is 27.8 Å². The van der Waals surface area contributed by atoms with Gasteiger partial charge in [0.05, 0.1) is 0 Å². The second-order valence-electron chi connectivity index (χ2n) is 1.79. The molecule has 0 aliphatic carbocycles. The molecule has 0 aromatic carbocycles. The van der Waals surface area contributed by atoms with Crippen LogP contribution in [0.5, 0.6) is 0 Å². The molecule has 0 rings (SSSR count). The Labute approximate surface area is 75.8 Å². The van der Waals surface area contributed by atoms with Crippen LogP contribution in [0.3, 0.4) is 0 Å². The molecule has 0 aromatic rings. The first-order valence-electron chi connectivity index (χ1n) is 2.65. The topological polar surface area (TPSA) is 26.3 Å². The molecule has 0 aliphatic rings. The molecule has 51 valence electrons. The van der Waals surface area contributed by atoms with Crippen molar-refractivity contribution in [3.63, 3.8) is 0 Å². The number of hydrogen-bond acceptors (Lipinski definition) is 2. The first kappa shape index (κ1) is 12.3. The molecule has 0 saturated heterocycles. The number of ether oxygens (including phenoxy) is 1. The van der Waals surface area contributed by atoms with E-state index in [9.17, 15) is 4.79 Å². The fourth-order valence-corrected chi connectivity index (χ4v) is 0.569. The summed E-state index contributed by atoms with van der Waals surface area (Å²) >= 11 is 0.992. The van der Waals surface area contributed by atoms with Crippen LogP contribution in [-0.2, 0) is 27.8 Å². The van der Waals surface area contributed by atoms with Crippen LogP contribution in [-0.4, -0.2) is 12.1 Å². The maximum atomic E-state index is 10.4. The summed E-state index contributed by atoms with van der Waals surface area (Å²) in [4.78, 5) is 10.4. The van der Waals surface area contributed by atoms with Gasteiger partial charge in [0, 0.05) is 0 Å². The third-order valence-electron chi connectivity index (χ3n) is 0.571. The molecule has 0 aromatic heterocycles. The van der Waals surface area contributed by atoms with E-state index in [0.29, 0.717) is 5.02 Å². The van der Waals surface area contributed by atoms with Crippen LogP contribution in [0.1, 0.15) is 13.8 Å². The van der Waals surface area contributed by atoms with Gasteiger partial charge in [-0.05, 0) is 0 Å². The summed E-state index contributed by atoms with van der Waals surface area (Å²) in [6.07, 6.45) is 0.0500. The second-order valence-corrected chi connectivity index (χ2v) is 2.84. The minimum absolute atomic E-state index is 0. The van der Waals surface area contributed by atoms with E-state index in [-0.39, 0.29) is 29.1 Å². The van der Waals surface area contributed by atoms with Gasteiger partial charge < -0.3 is 0 Å². The molecule has 0 heterocycles. The van der Waals surface area contributed by atoms with E-state index in [2.05, 4.69) is 0 Å². The van der Waals surface area contributed by atoms with Crippen LogP contribution in [0.4, 0.5) is 0 Å². The number of carbonyl (C=O) groups excluding carboxylic acids is 1. The molecule has 2 nitrogen and oxygen atoms in total. The van der Waals surface area contributed by atoms with Crippen molar-refractivity contribution in [1.82, 2.24) is 0 Å². The summed E-state index contributed by atoms with van der Waals surface area (Å²) < 4.78 is 4.79. The van der Waals surface area contributed by atoms with Gasteiger partial charge >= 0.3 is 58.8 Å². The van der Waals surface area contributed by atoms with E-state index < -0.39 is 0 Å². The van der Waals surface area contributed by atoms with Crippen LogP contribution in [0, 0.1) is 0 Å². The van der Waals surface area contributed by atoms with E-state index in [1.807, 2.05) is 13.8 Å². The predicted molar refractivity (Wildman–Crippen MR) is 36.4 cm³/mol. The zero-order chi connectivity index (χ0) is 6.57. The zero-order valence-corrected chi connectivity index (χ0v) is 10.4. The van der Waals surface area contributed by atoms with Gasteiger partial charge in [-0.2, -0.15) is 0 Å². The van der Waals surface area contributed by atoms with E-state index in [1.165, 1.54) is 0 Å². The molecule has 0 amide bonds. The normalized spacial score (nSPS) is 8.56. The molecular formula is C5H10BrO2Zn. The minimum atomic E-state index is -0.0694. The van der Waals surface area contributed by atoms with Crippen LogP contribution in [0.2, 0.25) is 5.02 Å². The number of rotatable bonds is 2. The Morgan fingerprint density at radius 3 is 2.22 bits per heavy atom. The Hall–Kier alpha value is 0.573. The number of carbonyl (C=O) groups is 1. The summed E-state index contributed by atoms with van der Waals surface area (Å²) in [5.41, 5.74) is 0. The summed E-state index contributed by atoms with van der Waals surface area (Å²) in [5, 5.41) is 0.595. The molecule has 4 heteroatoms. The average molecular weight is 247 g/mol. The fraction of sp³-hybridized carbons (Fsp3) is 0.800. The van der Waals surface area contributed by atoms with E-state index >= 15 is 0 Å². The predicted octanol–water partition coefficient (Wildman–Crippen LogP) is 1.48. The van der Waals surface area contributed by atoms with Crippen molar-refractivity contribution >= 4 is 23.0 Å². The van der Waals surface area contributed by atoms with E-state index in [1.54, 1.807) is 0 Å². The first-order valence-corrected chi connectivity index (χ1v) is 4.75. The van der Waals surface area contributed by atoms with Gasteiger partial charge in [0.2, 0.25) is 0 Å². The summed E-state index contributed by atoms with van der Waals surface area (Å²) in [5.74, 6) is -0.0694. The van der Waals surface area contributed by atoms with Crippen molar-refractivity contribution in [2.75, 3.05) is 0 Å². The van der Waals surface area contributed by atoms with Crippen molar-refractivity contribution in [2.45, 2.75) is 25.0 Å². The molecule has 0 fully saturated rings. The number of halogens is 1. The zero-order valence-electron chi connectivity index (χ0n) is 5.72. The maximum absolute atomic E-state index is 10.4. The molecular weight excluding hydrogens is 237 g/mol. The summed E-state index contributed by atoms with van der Waals surface area (Å²) in [6.45, 7) is 3.71. The Morgan fingerprint density at radius 1 is 1.67 bits per heavy atom. The van der Waals surface area contributed by atoms with Crippen molar-refractivity contribution in [1.29, 1.82) is 0 Å². The summed E-state index contributed by atoms with van der Waals surface area (Å²) in [6, 6.07) is 0. The van der Waals surface area contributed by atoms with Gasteiger partial charge in [-0.1, -0.05) is 0 Å².